The molecule has 1 aliphatic heterocycles. The van der Waals surface area contributed by atoms with Crippen LogP contribution in [-0.4, -0.2) is 19.6 Å². The Morgan fingerprint density at radius 3 is 2.70 bits per heavy atom. The van der Waals surface area contributed by atoms with E-state index in [1.807, 2.05) is 18.2 Å². The molecule has 2 atom stereocenters. The van der Waals surface area contributed by atoms with Crippen molar-refractivity contribution in [1.29, 1.82) is 0 Å². The molecule has 3 heteroatoms. The Bertz CT molecular complexity index is 600. The van der Waals surface area contributed by atoms with Gasteiger partial charge in [0.15, 0.2) is 0 Å². The largest absolute Gasteiger partial charge is 0.489 e. The van der Waals surface area contributed by atoms with Crippen molar-refractivity contribution < 1.29 is 15.4 Å². The molecule has 122 valence electrons. The molecule has 0 radical (unpaired) electrons. The van der Waals surface area contributed by atoms with Crippen LogP contribution in [0.15, 0.2) is 54.6 Å². The summed E-state index contributed by atoms with van der Waals surface area (Å²) < 4.78 is 5.94. The predicted molar refractivity (Wildman–Crippen MR) is 92.1 cm³/mol. The van der Waals surface area contributed by atoms with Crippen molar-refractivity contribution in [2.75, 3.05) is 19.6 Å². The van der Waals surface area contributed by atoms with Crippen LogP contribution in [0, 0.1) is 5.92 Å². The van der Waals surface area contributed by atoms with Gasteiger partial charge in [-0.15, -0.1) is 0 Å². The molecule has 2 unspecified atom stereocenters. The molecule has 23 heavy (non-hydrogen) atoms. The summed E-state index contributed by atoms with van der Waals surface area (Å²) in [5.41, 5.74) is 6.66. The van der Waals surface area contributed by atoms with Crippen molar-refractivity contribution in [3.05, 3.63) is 65.7 Å². The van der Waals surface area contributed by atoms with Gasteiger partial charge in [-0.25, -0.2) is 0 Å². The van der Waals surface area contributed by atoms with Crippen LogP contribution in [0.4, 0.5) is 0 Å². The summed E-state index contributed by atoms with van der Waals surface area (Å²) in [6, 6.07) is 18.9. The molecule has 1 saturated heterocycles. The summed E-state index contributed by atoms with van der Waals surface area (Å²) in [6.45, 7) is 5.34. The third-order valence-corrected chi connectivity index (χ3v) is 4.73. The molecule has 0 spiro atoms. The van der Waals surface area contributed by atoms with Crippen LogP contribution in [-0.2, 0) is 13.2 Å². The van der Waals surface area contributed by atoms with E-state index >= 15 is 0 Å². The van der Waals surface area contributed by atoms with Gasteiger partial charge in [0, 0.05) is 5.56 Å². The van der Waals surface area contributed by atoms with Gasteiger partial charge in [-0.1, -0.05) is 42.5 Å². The van der Waals surface area contributed by atoms with E-state index in [1.165, 1.54) is 37.1 Å². The van der Waals surface area contributed by atoms with E-state index < -0.39 is 0 Å². The number of hydrogen-bond donors (Lipinski definition) is 2. The number of nitrogens with one attached hydrogen (secondary N) is 1. The number of rotatable bonds is 6. The van der Waals surface area contributed by atoms with Gasteiger partial charge in [-0.2, -0.15) is 0 Å². The first-order chi connectivity index (χ1) is 11.3. The van der Waals surface area contributed by atoms with E-state index in [0.29, 0.717) is 6.61 Å². The quantitative estimate of drug-likeness (QED) is 0.829. The van der Waals surface area contributed by atoms with Crippen LogP contribution >= 0.6 is 0 Å². The lowest BCUT2D eigenvalue weighted by Gasteiger charge is -2.28. The lowest BCUT2D eigenvalue weighted by atomic mass is 9.98. The van der Waals surface area contributed by atoms with E-state index in [2.05, 4.69) is 42.1 Å². The van der Waals surface area contributed by atoms with Gasteiger partial charge < -0.3 is 15.4 Å². The van der Waals surface area contributed by atoms with Crippen LogP contribution in [0.1, 0.15) is 24.0 Å². The summed E-state index contributed by atoms with van der Waals surface area (Å²) in [6.07, 6.45) is 2.69. The maximum atomic E-state index is 5.94. The first kappa shape index (κ1) is 16.0. The summed E-state index contributed by atoms with van der Waals surface area (Å²) in [4.78, 5) is 1.69. The highest BCUT2D eigenvalue weighted by Crippen LogP contribution is 2.15. The molecule has 1 aliphatic rings. The zero-order valence-corrected chi connectivity index (χ0v) is 13.8. The molecule has 1 fully saturated rings. The molecule has 1 heterocycles. The highest BCUT2D eigenvalue weighted by Gasteiger charge is 2.23. The van der Waals surface area contributed by atoms with Crippen molar-refractivity contribution in [2.45, 2.75) is 26.0 Å². The summed E-state index contributed by atoms with van der Waals surface area (Å²) in [5, 5.41) is 0. The van der Waals surface area contributed by atoms with Crippen molar-refractivity contribution in [3.8, 4) is 5.75 Å². The van der Waals surface area contributed by atoms with Crippen LogP contribution in [0.2, 0.25) is 0 Å². The van der Waals surface area contributed by atoms with Gasteiger partial charge in [0.2, 0.25) is 0 Å². The Hall–Kier alpha value is -1.84. The third kappa shape index (κ3) is 4.81. The van der Waals surface area contributed by atoms with Crippen LogP contribution < -0.4 is 15.4 Å². The monoisotopic (exact) mass is 312 g/mol. The summed E-state index contributed by atoms with van der Waals surface area (Å²) in [5.74, 6) is 1.77. The van der Waals surface area contributed by atoms with Crippen LogP contribution in [0.5, 0.6) is 5.75 Å². The topological polar surface area (TPSA) is 41.3 Å². The van der Waals surface area contributed by atoms with E-state index in [-0.39, 0.29) is 0 Å². The van der Waals surface area contributed by atoms with Gasteiger partial charge in [0.25, 0.3) is 0 Å². The number of hydrogen-bond acceptors (Lipinski definition) is 1. The first-order valence-electron chi connectivity index (χ1n) is 8.72. The van der Waals surface area contributed by atoms with Crippen molar-refractivity contribution in [2.24, 2.45) is 5.92 Å². The van der Waals surface area contributed by atoms with E-state index in [9.17, 15) is 0 Å². The fraction of sp³-hybridized carbons (Fsp3) is 0.400. The SMILES string of the molecule is [NH3+]CC1CCC[NH+](Cc2cccc(OCc3ccccc3)c2)C1. The van der Waals surface area contributed by atoms with E-state index in [4.69, 9.17) is 4.74 Å². The normalized spacial score (nSPS) is 21.1. The Kier molecular flexibility index (Phi) is 5.67. The van der Waals surface area contributed by atoms with Gasteiger partial charge in [0.05, 0.1) is 25.6 Å². The molecule has 0 aliphatic carbocycles. The summed E-state index contributed by atoms with van der Waals surface area (Å²) >= 11 is 0. The minimum atomic E-state index is 0.629. The zero-order chi connectivity index (χ0) is 15.9. The maximum absolute atomic E-state index is 5.94. The maximum Gasteiger partial charge on any atom is 0.120 e. The van der Waals surface area contributed by atoms with Crippen LogP contribution in [0.3, 0.4) is 0 Å². The highest BCUT2D eigenvalue weighted by atomic mass is 16.5. The minimum Gasteiger partial charge on any atom is -0.489 e. The average Bonchev–Trinajstić information content (AvgIpc) is 2.61. The minimum absolute atomic E-state index is 0.629. The van der Waals surface area contributed by atoms with Crippen molar-refractivity contribution >= 4 is 0 Å². The smallest absolute Gasteiger partial charge is 0.120 e. The fourth-order valence-electron chi connectivity index (χ4n) is 3.43. The van der Waals surface area contributed by atoms with E-state index in [1.54, 1.807) is 4.90 Å². The van der Waals surface area contributed by atoms with Crippen molar-refractivity contribution in [3.63, 3.8) is 0 Å². The molecular formula is C20H28N2O+2. The van der Waals surface area contributed by atoms with Gasteiger partial charge in [-0.3, -0.25) is 0 Å². The van der Waals surface area contributed by atoms with Crippen LogP contribution in [0.25, 0.3) is 0 Å². The Balaban J connectivity index is 1.56. The highest BCUT2D eigenvalue weighted by molar-refractivity contribution is 5.28. The van der Waals surface area contributed by atoms with Gasteiger partial charge >= 0.3 is 0 Å². The predicted octanol–water partition coefficient (Wildman–Crippen LogP) is 1.30. The molecule has 0 amide bonds. The molecule has 4 N–H and O–H groups in total. The Morgan fingerprint density at radius 2 is 1.87 bits per heavy atom. The van der Waals surface area contributed by atoms with E-state index in [0.717, 1.165) is 24.8 Å². The number of piperidine rings is 1. The second-order valence-electron chi connectivity index (χ2n) is 6.60. The number of benzene rings is 2. The number of quaternary nitrogens is 2. The molecule has 3 rings (SSSR count). The molecule has 2 aromatic carbocycles. The summed E-state index contributed by atoms with van der Waals surface area (Å²) in [7, 11) is 0. The average molecular weight is 312 g/mol. The number of ether oxygens (including phenoxy) is 1. The second kappa shape index (κ2) is 8.14. The lowest BCUT2D eigenvalue weighted by Crippen LogP contribution is -3.12. The Morgan fingerprint density at radius 1 is 1.04 bits per heavy atom. The molecular weight excluding hydrogens is 284 g/mol. The molecule has 3 nitrogen and oxygen atoms in total. The molecule has 0 aromatic heterocycles. The molecule has 0 saturated carbocycles. The Labute approximate surface area is 139 Å². The number of likely N-dealkylation sites (tertiary alicyclic amines) is 1. The lowest BCUT2D eigenvalue weighted by molar-refractivity contribution is -0.923. The fourth-order valence-corrected chi connectivity index (χ4v) is 3.43. The third-order valence-electron chi connectivity index (χ3n) is 4.73. The first-order valence-corrected chi connectivity index (χ1v) is 8.72. The van der Waals surface area contributed by atoms with Gasteiger partial charge in [0.1, 0.15) is 18.9 Å². The second-order valence-corrected chi connectivity index (χ2v) is 6.60. The molecule has 2 aromatic rings. The molecule has 0 bridgehead atoms. The zero-order valence-electron chi connectivity index (χ0n) is 13.8. The van der Waals surface area contributed by atoms with Crippen molar-refractivity contribution in [1.82, 2.24) is 0 Å². The van der Waals surface area contributed by atoms with Gasteiger partial charge in [-0.05, 0) is 30.5 Å². The standard InChI is InChI=1S/C20H26N2O/c21-13-19-9-5-11-22(15-19)14-18-8-4-10-20(12-18)23-16-17-6-2-1-3-7-17/h1-4,6-8,10,12,19H,5,9,11,13-16,21H2/p+2.